The molecule has 0 saturated carbocycles. The van der Waals surface area contributed by atoms with Crippen LogP contribution in [0.2, 0.25) is 0 Å². The number of aliphatic hydroxyl groups excluding tert-OH is 1. The minimum Gasteiger partial charge on any atom is -0.395 e. The van der Waals surface area contributed by atoms with E-state index in [9.17, 15) is 9.90 Å². The van der Waals surface area contributed by atoms with Crippen molar-refractivity contribution < 1.29 is 9.90 Å². The highest BCUT2D eigenvalue weighted by molar-refractivity contribution is 8.00. The summed E-state index contributed by atoms with van der Waals surface area (Å²) in [6.45, 7) is 8.00. The molecule has 2 aliphatic heterocycles. The van der Waals surface area contributed by atoms with Crippen molar-refractivity contribution in [2.75, 3.05) is 41.2 Å². The predicted octanol–water partition coefficient (Wildman–Crippen LogP) is 5.11. The number of carbonyl (C=O) groups excluding carboxylic acids is 1. The standard InChI is InChI=1S/C32H36N6O2S/c1-21-14-22(2)20-37(19-21)31-5-3-4-27(36-31)28-9-8-25-17-33-26(16-29(25)35-28)18-34-32(40)24-7-6-23-10-11-38(30(23)15-24)41-13-12-39/h3-9,15-17,21-22,39H,10-14,18-20H2,1-2H3,(H,34,40). The van der Waals surface area contributed by atoms with Crippen molar-refractivity contribution in [2.45, 2.75) is 33.2 Å². The number of nitrogens with one attached hydrogen (secondary N) is 1. The topological polar surface area (TPSA) is 94.5 Å². The second kappa shape index (κ2) is 12.0. The van der Waals surface area contributed by atoms with E-state index in [1.54, 1.807) is 18.1 Å². The number of amides is 1. The van der Waals surface area contributed by atoms with Crippen molar-refractivity contribution in [1.82, 2.24) is 20.3 Å². The lowest BCUT2D eigenvalue weighted by Crippen LogP contribution is -2.39. The minimum absolute atomic E-state index is 0.131. The molecule has 3 aromatic heterocycles. The maximum Gasteiger partial charge on any atom is 0.251 e. The Morgan fingerprint density at radius 2 is 1.88 bits per heavy atom. The molecule has 4 aromatic rings. The van der Waals surface area contributed by atoms with Crippen LogP contribution in [-0.4, -0.2) is 58.0 Å². The molecule has 0 aliphatic carbocycles. The van der Waals surface area contributed by atoms with Crippen molar-refractivity contribution in [3.63, 3.8) is 0 Å². The third kappa shape index (κ3) is 6.16. The van der Waals surface area contributed by atoms with Gasteiger partial charge in [-0.2, -0.15) is 0 Å². The maximum atomic E-state index is 13.0. The van der Waals surface area contributed by atoms with Crippen LogP contribution in [0.15, 0.2) is 60.8 Å². The molecule has 1 amide bonds. The summed E-state index contributed by atoms with van der Waals surface area (Å²) in [5, 5.41) is 13.1. The number of carbonyl (C=O) groups is 1. The number of aliphatic hydroxyl groups is 1. The molecule has 2 aliphatic rings. The number of aromatic nitrogens is 3. The summed E-state index contributed by atoms with van der Waals surface area (Å²) in [6.07, 6.45) is 4.01. The Bertz CT molecular complexity index is 1550. The van der Waals surface area contributed by atoms with Gasteiger partial charge in [0.25, 0.3) is 5.91 Å². The molecule has 212 valence electrons. The number of pyridine rings is 3. The van der Waals surface area contributed by atoms with E-state index in [2.05, 4.69) is 45.5 Å². The van der Waals surface area contributed by atoms with Crippen molar-refractivity contribution >= 4 is 40.3 Å². The van der Waals surface area contributed by atoms with E-state index in [0.29, 0.717) is 29.7 Å². The number of nitrogens with zero attached hydrogens (tertiary/aromatic N) is 5. The first-order chi connectivity index (χ1) is 20.0. The number of benzene rings is 1. The Hall–Kier alpha value is -3.69. The predicted molar refractivity (Wildman–Crippen MR) is 166 cm³/mol. The lowest BCUT2D eigenvalue weighted by atomic mass is 9.92. The molecule has 2 N–H and O–H groups in total. The Labute approximate surface area is 245 Å². The van der Waals surface area contributed by atoms with Crippen molar-refractivity contribution in [3.8, 4) is 11.4 Å². The molecule has 5 heterocycles. The zero-order chi connectivity index (χ0) is 28.3. The molecule has 0 bridgehead atoms. The average molecular weight is 569 g/mol. The van der Waals surface area contributed by atoms with E-state index in [4.69, 9.17) is 9.97 Å². The molecule has 0 spiro atoms. The summed E-state index contributed by atoms with van der Waals surface area (Å²) >= 11 is 1.59. The summed E-state index contributed by atoms with van der Waals surface area (Å²) in [6, 6.07) is 18.0. The van der Waals surface area contributed by atoms with Gasteiger partial charge in [-0.3, -0.25) is 9.78 Å². The molecule has 1 saturated heterocycles. The van der Waals surface area contributed by atoms with Gasteiger partial charge in [0, 0.05) is 42.5 Å². The molecule has 8 nitrogen and oxygen atoms in total. The monoisotopic (exact) mass is 568 g/mol. The Morgan fingerprint density at radius 3 is 2.71 bits per heavy atom. The summed E-state index contributed by atoms with van der Waals surface area (Å²) in [4.78, 5) is 29.9. The highest BCUT2D eigenvalue weighted by Crippen LogP contribution is 2.34. The van der Waals surface area contributed by atoms with Crippen LogP contribution in [0.1, 0.15) is 41.9 Å². The van der Waals surface area contributed by atoms with Crippen molar-refractivity contribution in [1.29, 1.82) is 0 Å². The first-order valence-corrected chi connectivity index (χ1v) is 15.3. The normalized spacial score (nSPS) is 18.5. The number of hydrogen-bond acceptors (Lipinski definition) is 8. The fourth-order valence-electron chi connectivity index (χ4n) is 5.94. The van der Waals surface area contributed by atoms with Crippen LogP contribution in [-0.2, 0) is 13.0 Å². The van der Waals surface area contributed by atoms with Crippen LogP contribution in [0, 0.1) is 11.8 Å². The molecule has 41 heavy (non-hydrogen) atoms. The number of piperidine rings is 1. The Balaban J connectivity index is 1.16. The van der Waals surface area contributed by atoms with Crippen molar-refractivity contribution in [2.24, 2.45) is 11.8 Å². The first kappa shape index (κ1) is 27.5. The fraction of sp³-hybridized carbons (Fsp3) is 0.375. The molecular formula is C32H36N6O2S. The minimum atomic E-state index is -0.141. The third-order valence-corrected chi connectivity index (χ3v) is 8.84. The van der Waals surface area contributed by atoms with Crippen LogP contribution in [0.3, 0.4) is 0 Å². The molecule has 0 radical (unpaired) electrons. The molecule has 6 rings (SSSR count). The first-order valence-electron chi connectivity index (χ1n) is 14.4. The second-order valence-electron chi connectivity index (χ2n) is 11.2. The maximum absolute atomic E-state index is 13.0. The molecule has 1 fully saturated rings. The molecule has 2 atom stereocenters. The quantitative estimate of drug-likeness (QED) is 0.283. The van der Waals surface area contributed by atoms with E-state index in [1.165, 1.54) is 12.0 Å². The summed E-state index contributed by atoms with van der Waals surface area (Å²) in [7, 11) is 0. The number of fused-ring (bicyclic) bond motifs is 2. The smallest absolute Gasteiger partial charge is 0.251 e. The van der Waals surface area contributed by atoms with Crippen LogP contribution < -0.4 is 14.5 Å². The van der Waals surface area contributed by atoms with Crippen LogP contribution in [0.4, 0.5) is 11.5 Å². The Morgan fingerprint density at radius 1 is 1.05 bits per heavy atom. The van der Waals surface area contributed by atoms with Crippen LogP contribution in [0.5, 0.6) is 0 Å². The van der Waals surface area contributed by atoms with Gasteiger partial charge in [-0.25, -0.2) is 9.97 Å². The number of hydrogen-bond donors (Lipinski definition) is 2. The lowest BCUT2D eigenvalue weighted by Gasteiger charge is -2.35. The van der Waals surface area contributed by atoms with Gasteiger partial charge in [0.15, 0.2) is 0 Å². The molecular weight excluding hydrogens is 532 g/mol. The van der Waals surface area contributed by atoms with Gasteiger partial charge in [-0.1, -0.05) is 26.0 Å². The summed E-state index contributed by atoms with van der Waals surface area (Å²) in [5.74, 6) is 2.81. The highest BCUT2D eigenvalue weighted by Gasteiger charge is 2.23. The van der Waals surface area contributed by atoms with E-state index in [0.717, 1.165) is 65.5 Å². The zero-order valence-electron chi connectivity index (χ0n) is 23.6. The highest BCUT2D eigenvalue weighted by atomic mass is 32.2. The largest absolute Gasteiger partial charge is 0.395 e. The van der Waals surface area contributed by atoms with E-state index in [-0.39, 0.29) is 12.5 Å². The van der Waals surface area contributed by atoms with E-state index in [1.807, 2.05) is 42.5 Å². The zero-order valence-corrected chi connectivity index (χ0v) is 24.4. The number of anilines is 2. The Kier molecular flexibility index (Phi) is 8.07. The van der Waals surface area contributed by atoms with E-state index >= 15 is 0 Å². The second-order valence-corrected chi connectivity index (χ2v) is 12.3. The van der Waals surface area contributed by atoms with Crippen LogP contribution >= 0.6 is 11.9 Å². The molecule has 1 aromatic carbocycles. The van der Waals surface area contributed by atoms with Crippen molar-refractivity contribution in [3.05, 3.63) is 77.6 Å². The SMILES string of the molecule is CC1CC(C)CN(c2cccc(-c3ccc4cnc(CNC(=O)c5ccc6c(c5)N(SCCO)CC6)cc4n3)n2)C1. The fourth-order valence-corrected chi connectivity index (χ4v) is 6.77. The van der Waals surface area contributed by atoms with Gasteiger partial charge >= 0.3 is 0 Å². The van der Waals surface area contributed by atoms with Gasteiger partial charge in [0.05, 0.1) is 41.4 Å². The molecule has 2 unspecified atom stereocenters. The van der Waals surface area contributed by atoms with Gasteiger partial charge in [0.2, 0.25) is 0 Å². The molecule has 9 heteroatoms. The average Bonchev–Trinajstić information content (AvgIpc) is 3.40. The van der Waals surface area contributed by atoms with Gasteiger partial charge in [0.1, 0.15) is 5.82 Å². The van der Waals surface area contributed by atoms with E-state index < -0.39 is 0 Å². The summed E-state index contributed by atoms with van der Waals surface area (Å²) in [5.41, 5.74) is 6.14. The van der Waals surface area contributed by atoms with Gasteiger partial charge < -0.3 is 19.6 Å². The lowest BCUT2D eigenvalue weighted by molar-refractivity contribution is 0.0950. The third-order valence-electron chi connectivity index (χ3n) is 7.79. The summed E-state index contributed by atoms with van der Waals surface area (Å²) < 4.78 is 2.16. The van der Waals surface area contributed by atoms with Gasteiger partial charge in [-0.15, -0.1) is 0 Å². The van der Waals surface area contributed by atoms with Crippen LogP contribution in [0.25, 0.3) is 22.3 Å². The van der Waals surface area contributed by atoms with Gasteiger partial charge in [-0.05, 0) is 84.7 Å². The number of rotatable bonds is 8.